The Morgan fingerprint density at radius 1 is 0.671 bits per heavy atom. The highest BCUT2D eigenvalue weighted by atomic mass is 32.2. The van der Waals surface area contributed by atoms with E-state index < -0.39 is 42.2 Å². The fraction of sp³-hybridized carbons (Fsp3) is 0.306. The second-order valence-electron chi connectivity index (χ2n) is 20.2. The van der Waals surface area contributed by atoms with Crippen molar-refractivity contribution in [2.45, 2.75) is 73.2 Å². The van der Waals surface area contributed by atoms with Crippen LogP contribution in [0.3, 0.4) is 0 Å². The van der Waals surface area contributed by atoms with Crippen molar-refractivity contribution in [1.29, 1.82) is 0 Å². The highest BCUT2D eigenvalue weighted by molar-refractivity contribution is 8.04. The van der Waals surface area contributed by atoms with E-state index in [-0.39, 0.29) is 30.3 Å². The molecule has 82 heavy (non-hydrogen) atoms. The SMILES string of the molecule is O=C(/C=C/c1cn([C@H]2C[C@H](O)[C@@H](CO)O2)c(=O)[nH]c1=O)NCCN(CCNC(=O)CCCCN1/C(=C/c2ccnc3ccccc23)Sc2ccccc21)CCNC(=O)CCCCN1/C(=C/c2ccnc3ccccc23)Sc2ccccc21. The molecule has 3 aromatic heterocycles. The number of nitrogens with one attached hydrogen (secondary N) is 4. The summed E-state index contributed by atoms with van der Waals surface area (Å²) in [5, 5.41) is 33.1. The number of nitrogens with zero attached hydrogens (tertiary/aromatic N) is 6. The Morgan fingerprint density at radius 2 is 1.18 bits per heavy atom. The summed E-state index contributed by atoms with van der Waals surface area (Å²) >= 11 is 3.49. The Kier molecular flexibility index (Phi) is 19.4. The molecule has 3 atom stereocenters. The van der Waals surface area contributed by atoms with Crippen LogP contribution in [0.1, 0.15) is 67.9 Å². The number of rotatable bonds is 25. The van der Waals surface area contributed by atoms with Gasteiger partial charge in [0.15, 0.2) is 0 Å². The maximum Gasteiger partial charge on any atom is 0.330 e. The van der Waals surface area contributed by atoms with E-state index in [1.807, 2.05) is 60.9 Å². The molecule has 0 saturated carbocycles. The molecule has 0 bridgehead atoms. The third-order valence-electron chi connectivity index (χ3n) is 14.6. The summed E-state index contributed by atoms with van der Waals surface area (Å²) in [5.41, 5.74) is 4.95. The van der Waals surface area contributed by atoms with Gasteiger partial charge in [0.1, 0.15) is 12.3 Å². The molecule has 1 fully saturated rings. The minimum absolute atomic E-state index is 0.0158. The number of aliphatic hydroxyl groups excluding tert-OH is 2. The average molecular weight is 1140 g/mol. The summed E-state index contributed by atoms with van der Waals surface area (Å²) in [6.07, 6.45) is 12.8. The quantitative estimate of drug-likeness (QED) is 0.0241. The molecule has 1 saturated heterocycles. The number of H-pyrrole nitrogens is 1. The standard InChI is InChI=1S/C62H66N10O8S2/c73-41-52-51(74)39-58(80-52)72-40-44(61(78)68-62(72)79)23-24-57(77)67-31-36-69(34-29-65-55(75)21-9-11-32-70-49-17-5-7-19-53(49)81-59(70)37-42-25-27-63-47-15-3-1-13-45(42)47)35-30-66-56(76)22-10-12-33-71-50-18-6-8-20-54(50)82-60(71)38-43-26-28-64-48-16-4-2-14-46(43)48/h1-8,13-20,23-28,37-38,40,51-52,58,73-74H,9-12,21-22,29-36,39,41H2,(H,65,75)(H,66,76)(H,67,77)(H,68,78,79)/b24-23+,59-37-,60-38-/t51-,52+,58+/m0/s1. The Bertz CT molecular complexity index is 3460. The number of unbranched alkanes of at least 4 members (excludes halogenated alkanes) is 2. The van der Waals surface area contributed by atoms with E-state index in [0.717, 1.165) is 84.9 Å². The van der Waals surface area contributed by atoms with E-state index in [2.05, 4.69) is 118 Å². The first kappa shape index (κ1) is 57.4. The van der Waals surface area contributed by atoms with E-state index in [1.54, 1.807) is 23.5 Å². The third kappa shape index (κ3) is 14.4. The highest BCUT2D eigenvalue weighted by Gasteiger charge is 2.35. The summed E-state index contributed by atoms with van der Waals surface area (Å²) in [6.45, 7) is 3.29. The molecule has 10 rings (SSSR count). The number of pyridine rings is 2. The molecule has 20 heteroatoms. The number of hydrogen-bond acceptors (Lipinski definition) is 15. The molecule has 0 radical (unpaired) electrons. The molecular weight excluding hydrogens is 1080 g/mol. The van der Waals surface area contributed by atoms with Gasteiger partial charge < -0.3 is 40.7 Å². The molecule has 3 aliphatic heterocycles. The minimum Gasteiger partial charge on any atom is -0.394 e. The average Bonchev–Trinajstić information content (AvgIpc) is 4.37. The number of benzene rings is 4. The van der Waals surface area contributed by atoms with Gasteiger partial charge in [-0.2, -0.15) is 0 Å². The predicted octanol–water partition coefficient (Wildman–Crippen LogP) is 7.50. The van der Waals surface area contributed by atoms with Crippen molar-refractivity contribution >= 4 is 92.7 Å². The van der Waals surface area contributed by atoms with Crippen LogP contribution in [0.15, 0.2) is 163 Å². The van der Waals surface area contributed by atoms with Gasteiger partial charge in [-0.1, -0.05) is 84.2 Å². The van der Waals surface area contributed by atoms with Gasteiger partial charge in [0.05, 0.1) is 50.7 Å². The molecule has 0 aliphatic carbocycles. The van der Waals surface area contributed by atoms with Gasteiger partial charge in [0.25, 0.3) is 5.56 Å². The topological polar surface area (TPSA) is 227 Å². The maximum absolute atomic E-state index is 13.3. The number of aromatic amines is 1. The number of ether oxygens (including phenoxy) is 1. The summed E-state index contributed by atoms with van der Waals surface area (Å²) in [5.74, 6) is -0.603. The minimum atomic E-state index is -0.995. The summed E-state index contributed by atoms with van der Waals surface area (Å²) in [7, 11) is 0. The lowest BCUT2D eigenvalue weighted by molar-refractivity contribution is -0.121. The number of para-hydroxylation sites is 4. The molecule has 6 heterocycles. The van der Waals surface area contributed by atoms with Gasteiger partial charge in [-0.05, 0) is 104 Å². The summed E-state index contributed by atoms with van der Waals surface area (Å²) in [6, 6.07) is 37.1. The first-order chi connectivity index (χ1) is 40.1. The van der Waals surface area contributed by atoms with Crippen LogP contribution in [0.5, 0.6) is 0 Å². The lowest BCUT2D eigenvalue weighted by Crippen LogP contribution is -2.42. The number of hydrogen-bond donors (Lipinski definition) is 6. The number of anilines is 2. The Morgan fingerprint density at radius 3 is 1.72 bits per heavy atom. The fourth-order valence-electron chi connectivity index (χ4n) is 10.3. The second kappa shape index (κ2) is 27.7. The molecule has 0 unspecified atom stereocenters. The number of carbonyl (C=O) groups excluding carboxylic acids is 3. The largest absolute Gasteiger partial charge is 0.394 e. The van der Waals surface area contributed by atoms with Gasteiger partial charge in [-0.25, -0.2) is 4.79 Å². The van der Waals surface area contributed by atoms with Crippen LogP contribution in [0.4, 0.5) is 11.4 Å². The van der Waals surface area contributed by atoms with E-state index in [0.29, 0.717) is 58.4 Å². The van der Waals surface area contributed by atoms with Crippen molar-refractivity contribution < 1.29 is 29.3 Å². The van der Waals surface area contributed by atoms with Crippen molar-refractivity contribution in [3.63, 3.8) is 0 Å². The Hall–Kier alpha value is -7.85. The van der Waals surface area contributed by atoms with E-state index >= 15 is 0 Å². The van der Waals surface area contributed by atoms with Gasteiger partial charge in [0.2, 0.25) is 17.7 Å². The molecule has 0 spiro atoms. The van der Waals surface area contributed by atoms with Gasteiger partial charge >= 0.3 is 5.69 Å². The van der Waals surface area contributed by atoms with E-state index in [4.69, 9.17) is 4.74 Å². The fourth-order valence-corrected chi connectivity index (χ4v) is 12.6. The van der Waals surface area contributed by atoms with Gasteiger partial charge in [-0.3, -0.25) is 43.6 Å². The number of carbonyl (C=O) groups is 3. The normalized spacial score (nSPS) is 17.6. The van der Waals surface area contributed by atoms with Crippen molar-refractivity contribution in [3.05, 3.63) is 181 Å². The zero-order valence-corrected chi connectivity index (χ0v) is 47.0. The molecule has 6 N–H and O–H groups in total. The lowest BCUT2D eigenvalue weighted by Gasteiger charge is -2.23. The zero-order valence-electron chi connectivity index (χ0n) is 45.3. The van der Waals surface area contributed by atoms with Gasteiger partial charge in [-0.15, -0.1) is 0 Å². The smallest absolute Gasteiger partial charge is 0.330 e. The number of aliphatic hydroxyl groups is 2. The van der Waals surface area contributed by atoms with Crippen LogP contribution in [-0.4, -0.2) is 124 Å². The zero-order chi connectivity index (χ0) is 56.8. The summed E-state index contributed by atoms with van der Waals surface area (Å²) in [4.78, 5) is 85.3. The molecule has 3 aliphatic rings. The van der Waals surface area contributed by atoms with Crippen molar-refractivity contribution in [2.24, 2.45) is 0 Å². The van der Waals surface area contributed by atoms with Crippen LogP contribution in [0.25, 0.3) is 40.0 Å². The number of thioether (sulfide) groups is 2. The van der Waals surface area contributed by atoms with Crippen molar-refractivity contribution in [3.8, 4) is 0 Å². The first-order valence-electron chi connectivity index (χ1n) is 27.8. The van der Waals surface area contributed by atoms with Crippen LogP contribution in [0.2, 0.25) is 0 Å². The van der Waals surface area contributed by atoms with Gasteiger partial charge in [0, 0.05) is 117 Å². The first-order valence-corrected chi connectivity index (χ1v) is 29.4. The Balaban J connectivity index is 0.712. The lowest BCUT2D eigenvalue weighted by atomic mass is 10.1. The molecule has 4 aromatic carbocycles. The van der Waals surface area contributed by atoms with Crippen LogP contribution in [0, 0.1) is 0 Å². The predicted molar refractivity (Wildman–Crippen MR) is 324 cm³/mol. The molecule has 7 aromatic rings. The monoisotopic (exact) mass is 1140 g/mol. The third-order valence-corrected chi connectivity index (χ3v) is 16.8. The van der Waals surface area contributed by atoms with E-state index in [1.165, 1.54) is 28.1 Å². The number of amides is 3. The number of aromatic nitrogens is 4. The van der Waals surface area contributed by atoms with Crippen molar-refractivity contribution in [1.82, 2.24) is 40.4 Å². The second-order valence-corrected chi connectivity index (χ2v) is 22.3. The summed E-state index contributed by atoms with van der Waals surface area (Å²) < 4.78 is 6.72. The van der Waals surface area contributed by atoms with Crippen molar-refractivity contribution in [2.75, 3.05) is 68.8 Å². The maximum atomic E-state index is 13.3. The number of fused-ring (bicyclic) bond motifs is 4. The van der Waals surface area contributed by atoms with E-state index in [9.17, 15) is 34.2 Å². The molecular formula is C62H66N10O8S2. The molecule has 424 valence electrons. The highest BCUT2D eigenvalue weighted by Crippen LogP contribution is 2.48. The van der Waals surface area contributed by atoms with Crippen LogP contribution >= 0.6 is 23.5 Å². The van der Waals surface area contributed by atoms with Crippen LogP contribution in [-0.2, 0) is 19.1 Å². The van der Waals surface area contributed by atoms with Crippen LogP contribution < -0.4 is 37.0 Å². The molecule has 18 nitrogen and oxygen atoms in total. The Labute approximate surface area is 483 Å². The molecule has 3 amide bonds.